The van der Waals surface area contributed by atoms with E-state index in [-0.39, 0.29) is 5.92 Å². The van der Waals surface area contributed by atoms with E-state index in [1.54, 1.807) is 7.11 Å². The first-order valence-electron chi connectivity index (χ1n) is 6.80. The molecule has 2 aromatic rings. The van der Waals surface area contributed by atoms with Gasteiger partial charge in [-0.05, 0) is 35.7 Å². The van der Waals surface area contributed by atoms with Crippen LogP contribution in [-0.2, 0) is 6.42 Å². The van der Waals surface area contributed by atoms with Crippen molar-refractivity contribution in [2.75, 3.05) is 13.7 Å². The number of hydrogen-bond acceptors (Lipinski definition) is 3. The summed E-state index contributed by atoms with van der Waals surface area (Å²) in [5.41, 5.74) is 2.03. The molecule has 1 aliphatic heterocycles. The summed E-state index contributed by atoms with van der Waals surface area (Å²) in [6, 6.07) is 15.6. The molecule has 3 heteroatoms. The Morgan fingerprint density at radius 1 is 1.20 bits per heavy atom. The number of para-hydroxylation sites is 1. The van der Waals surface area contributed by atoms with Crippen molar-refractivity contribution in [3.05, 3.63) is 59.7 Å². The first kappa shape index (κ1) is 13.0. The lowest BCUT2D eigenvalue weighted by Crippen LogP contribution is -2.26. The molecule has 0 saturated carbocycles. The molecule has 20 heavy (non-hydrogen) atoms. The van der Waals surface area contributed by atoms with Crippen LogP contribution in [0, 0.1) is 5.92 Å². The van der Waals surface area contributed by atoms with E-state index in [0.717, 1.165) is 29.0 Å². The van der Waals surface area contributed by atoms with Crippen molar-refractivity contribution in [2.45, 2.75) is 12.5 Å². The zero-order valence-corrected chi connectivity index (χ0v) is 11.5. The normalized spacial score (nSPS) is 18.8. The van der Waals surface area contributed by atoms with Gasteiger partial charge >= 0.3 is 0 Å². The molecule has 104 valence electrons. The van der Waals surface area contributed by atoms with Gasteiger partial charge in [-0.2, -0.15) is 0 Å². The summed E-state index contributed by atoms with van der Waals surface area (Å²) in [5.74, 6) is 1.76. The van der Waals surface area contributed by atoms with Gasteiger partial charge in [0, 0.05) is 5.92 Å². The molecule has 0 spiro atoms. The number of aliphatic hydroxyl groups is 1. The quantitative estimate of drug-likeness (QED) is 0.932. The standard InChI is InChI=1S/C17H18O3/c1-19-15-7-4-6-13(10-15)17(18)14-9-12-5-2-3-8-16(12)20-11-14/h2-8,10,14,17-18H,9,11H2,1H3. The van der Waals surface area contributed by atoms with Crippen LogP contribution in [0.4, 0.5) is 0 Å². The largest absolute Gasteiger partial charge is 0.497 e. The van der Waals surface area contributed by atoms with Crippen LogP contribution in [0.5, 0.6) is 11.5 Å². The SMILES string of the molecule is COc1cccc(C(O)C2COc3ccccc3C2)c1. The molecule has 2 aromatic carbocycles. The van der Waals surface area contributed by atoms with Gasteiger partial charge in [-0.15, -0.1) is 0 Å². The second-order valence-electron chi connectivity index (χ2n) is 5.10. The highest BCUT2D eigenvalue weighted by Crippen LogP contribution is 2.34. The maximum atomic E-state index is 10.6. The Hall–Kier alpha value is -2.00. The van der Waals surface area contributed by atoms with Gasteiger partial charge < -0.3 is 14.6 Å². The molecule has 1 N–H and O–H groups in total. The highest BCUT2D eigenvalue weighted by Gasteiger charge is 2.27. The molecule has 0 bridgehead atoms. The fourth-order valence-corrected chi connectivity index (χ4v) is 2.65. The molecular weight excluding hydrogens is 252 g/mol. The molecule has 0 amide bonds. The smallest absolute Gasteiger partial charge is 0.122 e. The Morgan fingerprint density at radius 2 is 2.05 bits per heavy atom. The van der Waals surface area contributed by atoms with Gasteiger partial charge in [-0.25, -0.2) is 0 Å². The van der Waals surface area contributed by atoms with E-state index in [4.69, 9.17) is 9.47 Å². The molecule has 0 aliphatic carbocycles. The minimum absolute atomic E-state index is 0.0667. The van der Waals surface area contributed by atoms with E-state index in [2.05, 4.69) is 6.07 Å². The summed E-state index contributed by atoms with van der Waals surface area (Å²) in [6.07, 6.45) is 0.285. The van der Waals surface area contributed by atoms with Crippen LogP contribution in [0.25, 0.3) is 0 Å². The number of fused-ring (bicyclic) bond motifs is 1. The van der Waals surface area contributed by atoms with Gasteiger partial charge in [-0.1, -0.05) is 30.3 Å². The van der Waals surface area contributed by atoms with Crippen LogP contribution in [-0.4, -0.2) is 18.8 Å². The van der Waals surface area contributed by atoms with Gasteiger partial charge in [0.1, 0.15) is 11.5 Å². The Morgan fingerprint density at radius 3 is 2.90 bits per heavy atom. The van der Waals surface area contributed by atoms with E-state index in [0.29, 0.717) is 6.61 Å². The van der Waals surface area contributed by atoms with E-state index >= 15 is 0 Å². The maximum absolute atomic E-state index is 10.6. The van der Waals surface area contributed by atoms with E-state index < -0.39 is 6.10 Å². The van der Waals surface area contributed by atoms with Crippen LogP contribution in [0.3, 0.4) is 0 Å². The first-order valence-corrected chi connectivity index (χ1v) is 6.80. The van der Waals surface area contributed by atoms with Crippen molar-refractivity contribution in [2.24, 2.45) is 5.92 Å². The summed E-state index contributed by atoms with van der Waals surface area (Å²) < 4.78 is 11.0. The Bertz CT molecular complexity index is 594. The van der Waals surface area contributed by atoms with Gasteiger partial charge in [0.15, 0.2) is 0 Å². The number of hydrogen-bond donors (Lipinski definition) is 1. The minimum Gasteiger partial charge on any atom is -0.497 e. The van der Waals surface area contributed by atoms with Gasteiger partial charge in [0.2, 0.25) is 0 Å². The van der Waals surface area contributed by atoms with E-state index in [1.807, 2.05) is 42.5 Å². The summed E-state index contributed by atoms with van der Waals surface area (Å²) in [5, 5.41) is 10.6. The van der Waals surface area contributed by atoms with Gasteiger partial charge in [0.25, 0.3) is 0 Å². The molecule has 0 radical (unpaired) electrons. The predicted molar refractivity (Wildman–Crippen MR) is 77.1 cm³/mol. The molecule has 0 fully saturated rings. The van der Waals surface area contributed by atoms with Crippen molar-refractivity contribution >= 4 is 0 Å². The number of ether oxygens (including phenoxy) is 2. The number of rotatable bonds is 3. The lowest BCUT2D eigenvalue weighted by Gasteiger charge is -2.29. The highest BCUT2D eigenvalue weighted by atomic mass is 16.5. The molecular formula is C17H18O3. The van der Waals surface area contributed by atoms with E-state index in [1.165, 1.54) is 0 Å². The van der Waals surface area contributed by atoms with Crippen LogP contribution in [0.2, 0.25) is 0 Å². The van der Waals surface area contributed by atoms with Crippen LogP contribution < -0.4 is 9.47 Å². The van der Waals surface area contributed by atoms with Crippen molar-refractivity contribution in [3.63, 3.8) is 0 Å². The molecule has 3 rings (SSSR count). The van der Waals surface area contributed by atoms with Crippen molar-refractivity contribution in [3.8, 4) is 11.5 Å². The molecule has 1 aliphatic rings. The lowest BCUT2D eigenvalue weighted by molar-refractivity contribution is 0.0643. The average molecular weight is 270 g/mol. The van der Waals surface area contributed by atoms with Crippen molar-refractivity contribution in [1.29, 1.82) is 0 Å². The van der Waals surface area contributed by atoms with Crippen molar-refractivity contribution < 1.29 is 14.6 Å². The summed E-state index contributed by atoms with van der Waals surface area (Å²) in [4.78, 5) is 0. The summed E-state index contributed by atoms with van der Waals surface area (Å²) in [6.45, 7) is 0.537. The fraction of sp³-hybridized carbons (Fsp3) is 0.294. The third kappa shape index (κ3) is 2.49. The van der Waals surface area contributed by atoms with Gasteiger partial charge in [0.05, 0.1) is 19.8 Å². The zero-order chi connectivity index (χ0) is 13.9. The topological polar surface area (TPSA) is 38.7 Å². The fourth-order valence-electron chi connectivity index (χ4n) is 2.65. The Kier molecular flexibility index (Phi) is 3.61. The van der Waals surface area contributed by atoms with Crippen LogP contribution in [0.15, 0.2) is 48.5 Å². The maximum Gasteiger partial charge on any atom is 0.122 e. The van der Waals surface area contributed by atoms with Crippen LogP contribution in [0.1, 0.15) is 17.2 Å². The second kappa shape index (κ2) is 5.55. The number of benzene rings is 2. The van der Waals surface area contributed by atoms with Gasteiger partial charge in [-0.3, -0.25) is 0 Å². The minimum atomic E-state index is -0.543. The third-order valence-corrected chi connectivity index (χ3v) is 3.79. The zero-order valence-electron chi connectivity index (χ0n) is 11.5. The summed E-state index contributed by atoms with van der Waals surface area (Å²) >= 11 is 0. The average Bonchev–Trinajstić information content (AvgIpc) is 2.53. The summed E-state index contributed by atoms with van der Waals surface area (Å²) in [7, 11) is 1.63. The molecule has 3 nitrogen and oxygen atoms in total. The third-order valence-electron chi connectivity index (χ3n) is 3.79. The predicted octanol–water partition coefficient (Wildman–Crippen LogP) is 2.98. The van der Waals surface area contributed by atoms with Crippen LogP contribution >= 0.6 is 0 Å². The molecule has 0 saturated heterocycles. The van der Waals surface area contributed by atoms with Crippen molar-refractivity contribution in [1.82, 2.24) is 0 Å². The Labute approximate surface area is 118 Å². The second-order valence-corrected chi connectivity index (χ2v) is 5.10. The monoisotopic (exact) mass is 270 g/mol. The number of aliphatic hydroxyl groups excluding tert-OH is 1. The van der Waals surface area contributed by atoms with E-state index in [9.17, 15) is 5.11 Å². The molecule has 0 aromatic heterocycles. The highest BCUT2D eigenvalue weighted by molar-refractivity contribution is 5.36. The lowest BCUT2D eigenvalue weighted by atomic mass is 9.88. The molecule has 2 atom stereocenters. The first-order chi connectivity index (χ1) is 9.78. The molecule has 2 unspecified atom stereocenters. The molecule has 1 heterocycles. The number of methoxy groups -OCH3 is 1. The Balaban J connectivity index is 1.80.